The van der Waals surface area contributed by atoms with Gasteiger partial charge in [0, 0.05) is 18.8 Å². The SMILES string of the molecule is CNC(=O)Nc1cn2nc(-c3cn[nH]c3)ccc2n1. The number of carbonyl (C=O) groups is 1. The number of fused-ring (bicyclic) bond motifs is 1. The van der Waals surface area contributed by atoms with E-state index in [2.05, 4.69) is 30.9 Å². The third-order valence-corrected chi connectivity index (χ3v) is 2.58. The summed E-state index contributed by atoms with van der Waals surface area (Å²) >= 11 is 0. The van der Waals surface area contributed by atoms with Crippen molar-refractivity contribution in [3.05, 3.63) is 30.7 Å². The zero-order chi connectivity index (χ0) is 13.2. The Morgan fingerprint density at radius 3 is 3.05 bits per heavy atom. The van der Waals surface area contributed by atoms with E-state index in [0.29, 0.717) is 11.5 Å². The Morgan fingerprint density at radius 2 is 2.32 bits per heavy atom. The molecular formula is C11H11N7O. The molecule has 0 saturated heterocycles. The molecule has 0 fully saturated rings. The summed E-state index contributed by atoms with van der Waals surface area (Å²) < 4.78 is 1.60. The second-order valence-electron chi connectivity index (χ2n) is 3.84. The molecule has 3 rings (SSSR count). The third kappa shape index (κ3) is 2.10. The topological polar surface area (TPSA) is 100 Å². The fraction of sp³-hybridized carbons (Fsp3) is 0.0909. The highest BCUT2D eigenvalue weighted by Crippen LogP contribution is 2.16. The van der Waals surface area contributed by atoms with Gasteiger partial charge in [0.15, 0.2) is 11.5 Å². The Kier molecular flexibility index (Phi) is 2.60. The van der Waals surface area contributed by atoms with Gasteiger partial charge in [0.1, 0.15) is 0 Å². The highest BCUT2D eigenvalue weighted by atomic mass is 16.2. The fourth-order valence-electron chi connectivity index (χ4n) is 1.67. The average Bonchev–Trinajstić information content (AvgIpc) is 3.06. The molecule has 0 aliphatic rings. The quantitative estimate of drug-likeness (QED) is 0.634. The van der Waals surface area contributed by atoms with Crippen LogP contribution in [0.1, 0.15) is 0 Å². The summed E-state index contributed by atoms with van der Waals surface area (Å²) in [6, 6.07) is 3.35. The summed E-state index contributed by atoms with van der Waals surface area (Å²) in [5, 5.41) is 16.1. The van der Waals surface area contributed by atoms with Crippen molar-refractivity contribution in [2.24, 2.45) is 0 Å². The number of hydrogen-bond donors (Lipinski definition) is 3. The van der Waals surface area contributed by atoms with Crippen LogP contribution in [0.15, 0.2) is 30.7 Å². The molecule has 0 unspecified atom stereocenters. The zero-order valence-corrected chi connectivity index (χ0v) is 10.1. The van der Waals surface area contributed by atoms with Crippen molar-refractivity contribution in [3.8, 4) is 11.3 Å². The minimum Gasteiger partial charge on any atom is -0.341 e. The van der Waals surface area contributed by atoms with Gasteiger partial charge in [-0.3, -0.25) is 10.4 Å². The molecule has 19 heavy (non-hydrogen) atoms. The van der Waals surface area contributed by atoms with Crippen molar-refractivity contribution in [1.29, 1.82) is 0 Å². The molecule has 8 heteroatoms. The van der Waals surface area contributed by atoms with Gasteiger partial charge in [-0.2, -0.15) is 10.2 Å². The molecule has 3 aromatic rings. The first-order chi connectivity index (χ1) is 9.26. The molecule has 3 heterocycles. The highest BCUT2D eigenvalue weighted by molar-refractivity contribution is 5.88. The molecule has 2 amide bonds. The molecule has 96 valence electrons. The summed E-state index contributed by atoms with van der Waals surface area (Å²) in [5.74, 6) is 0.441. The normalized spacial score (nSPS) is 10.6. The number of hydrogen-bond acceptors (Lipinski definition) is 4. The number of nitrogens with one attached hydrogen (secondary N) is 3. The first-order valence-electron chi connectivity index (χ1n) is 5.60. The number of H-pyrrole nitrogens is 1. The lowest BCUT2D eigenvalue weighted by Crippen LogP contribution is -2.24. The monoisotopic (exact) mass is 257 g/mol. The molecule has 0 aliphatic carbocycles. The van der Waals surface area contributed by atoms with Crippen LogP contribution in [0.5, 0.6) is 0 Å². The van der Waals surface area contributed by atoms with Gasteiger partial charge in [0.05, 0.1) is 18.1 Å². The first-order valence-corrected chi connectivity index (χ1v) is 5.60. The molecule has 0 aliphatic heterocycles. The lowest BCUT2D eigenvalue weighted by molar-refractivity contribution is 0.254. The summed E-state index contributed by atoms with van der Waals surface area (Å²) in [5.41, 5.74) is 2.31. The minimum absolute atomic E-state index is 0.321. The molecule has 3 aromatic heterocycles. The van der Waals surface area contributed by atoms with E-state index in [0.717, 1.165) is 11.3 Å². The largest absolute Gasteiger partial charge is 0.341 e. The number of carbonyl (C=O) groups excluding carboxylic acids is 1. The predicted octanol–water partition coefficient (Wildman–Crippen LogP) is 0.871. The van der Waals surface area contributed by atoms with Crippen LogP contribution < -0.4 is 10.6 Å². The number of aromatic amines is 1. The van der Waals surface area contributed by atoms with Crippen LogP contribution in [0.2, 0.25) is 0 Å². The zero-order valence-electron chi connectivity index (χ0n) is 10.1. The van der Waals surface area contributed by atoms with Gasteiger partial charge >= 0.3 is 6.03 Å². The Labute approximate surface area is 107 Å². The molecule has 3 N–H and O–H groups in total. The number of urea groups is 1. The van der Waals surface area contributed by atoms with Gasteiger partial charge in [-0.25, -0.2) is 14.3 Å². The molecule has 0 saturated carbocycles. The summed E-state index contributed by atoms with van der Waals surface area (Å²) in [4.78, 5) is 15.4. The Morgan fingerprint density at radius 1 is 1.42 bits per heavy atom. The number of amides is 2. The van der Waals surface area contributed by atoms with Crippen LogP contribution in [0.3, 0.4) is 0 Å². The molecule has 8 nitrogen and oxygen atoms in total. The van der Waals surface area contributed by atoms with E-state index >= 15 is 0 Å². The number of anilines is 1. The molecule has 0 bridgehead atoms. The van der Waals surface area contributed by atoms with Gasteiger partial charge < -0.3 is 5.32 Å². The summed E-state index contributed by atoms with van der Waals surface area (Å²) in [7, 11) is 1.54. The second kappa shape index (κ2) is 4.41. The van der Waals surface area contributed by atoms with E-state index in [-0.39, 0.29) is 6.03 Å². The molecular weight excluding hydrogens is 246 g/mol. The van der Waals surface area contributed by atoms with E-state index in [4.69, 9.17) is 0 Å². The van der Waals surface area contributed by atoms with Gasteiger partial charge in [-0.1, -0.05) is 0 Å². The van der Waals surface area contributed by atoms with Crippen molar-refractivity contribution in [2.75, 3.05) is 12.4 Å². The van der Waals surface area contributed by atoms with Crippen LogP contribution in [-0.2, 0) is 0 Å². The fourth-order valence-corrected chi connectivity index (χ4v) is 1.67. The number of imidazole rings is 1. The Bertz CT molecular complexity index is 716. The minimum atomic E-state index is -0.321. The Hall–Kier alpha value is -2.90. The average molecular weight is 257 g/mol. The van der Waals surface area contributed by atoms with Gasteiger partial charge in [-0.15, -0.1) is 0 Å². The van der Waals surface area contributed by atoms with Crippen LogP contribution in [-0.4, -0.2) is 37.9 Å². The van der Waals surface area contributed by atoms with Crippen molar-refractivity contribution in [3.63, 3.8) is 0 Å². The van der Waals surface area contributed by atoms with E-state index in [1.165, 1.54) is 0 Å². The van der Waals surface area contributed by atoms with Crippen molar-refractivity contribution in [1.82, 2.24) is 30.1 Å². The standard InChI is InChI=1S/C11H11N7O/c1-12-11(19)16-9-6-18-10(15-9)3-2-8(17-18)7-4-13-14-5-7/h2-6H,1H3,(H,13,14)(H2,12,16,19). The number of rotatable bonds is 2. The highest BCUT2D eigenvalue weighted by Gasteiger charge is 2.07. The van der Waals surface area contributed by atoms with E-state index in [9.17, 15) is 4.79 Å². The van der Waals surface area contributed by atoms with E-state index in [1.807, 2.05) is 12.1 Å². The third-order valence-electron chi connectivity index (χ3n) is 2.58. The van der Waals surface area contributed by atoms with Crippen molar-refractivity contribution >= 4 is 17.5 Å². The summed E-state index contributed by atoms with van der Waals surface area (Å²) in [6.07, 6.45) is 5.09. The maximum atomic E-state index is 11.2. The van der Waals surface area contributed by atoms with Crippen LogP contribution >= 0.6 is 0 Å². The summed E-state index contributed by atoms with van der Waals surface area (Å²) in [6.45, 7) is 0. The predicted molar refractivity (Wildman–Crippen MR) is 68.6 cm³/mol. The lowest BCUT2D eigenvalue weighted by Gasteiger charge is -1.97. The number of aromatic nitrogens is 5. The molecule has 0 atom stereocenters. The maximum Gasteiger partial charge on any atom is 0.320 e. The van der Waals surface area contributed by atoms with Crippen molar-refractivity contribution < 1.29 is 4.79 Å². The van der Waals surface area contributed by atoms with E-state index < -0.39 is 0 Å². The van der Waals surface area contributed by atoms with Crippen LogP contribution in [0.4, 0.5) is 10.6 Å². The number of nitrogens with zero attached hydrogens (tertiary/aromatic N) is 4. The molecule has 0 aromatic carbocycles. The molecule has 0 radical (unpaired) electrons. The molecule has 0 spiro atoms. The van der Waals surface area contributed by atoms with Crippen LogP contribution in [0.25, 0.3) is 16.9 Å². The van der Waals surface area contributed by atoms with Crippen molar-refractivity contribution in [2.45, 2.75) is 0 Å². The maximum absolute atomic E-state index is 11.2. The van der Waals surface area contributed by atoms with Gasteiger partial charge in [-0.05, 0) is 12.1 Å². The van der Waals surface area contributed by atoms with Crippen LogP contribution in [0, 0.1) is 0 Å². The Balaban J connectivity index is 1.97. The lowest BCUT2D eigenvalue weighted by atomic mass is 10.2. The van der Waals surface area contributed by atoms with Gasteiger partial charge in [0.25, 0.3) is 0 Å². The van der Waals surface area contributed by atoms with Gasteiger partial charge in [0.2, 0.25) is 0 Å². The first kappa shape index (κ1) is 11.2. The smallest absolute Gasteiger partial charge is 0.320 e. The van der Waals surface area contributed by atoms with E-state index in [1.54, 1.807) is 30.2 Å². The second-order valence-corrected chi connectivity index (χ2v) is 3.84.